The second-order valence-electron chi connectivity index (χ2n) is 2.12. The van der Waals surface area contributed by atoms with Crippen LogP contribution in [0.4, 0.5) is 0 Å². The van der Waals surface area contributed by atoms with Gasteiger partial charge in [0.15, 0.2) is 0 Å². The van der Waals surface area contributed by atoms with Crippen molar-refractivity contribution >= 4 is 10.1 Å². The zero-order valence-corrected chi connectivity index (χ0v) is 7.30. The van der Waals surface area contributed by atoms with E-state index in [1.165, 1.54) is 6.92 Å². The molecule has 0 aliphatic carbocycles. The lowest BCUT2D eigenvalue weighted by Crippen LogP contribution is -2.32. The van der Waals surface area contributed by atoms with Crippen LogP contribution in [0.5, 0.6) is 0 Å². The monoisotopic (exact) mass is 182 g/mol. The zero-order chi connectivity index (χ0) is 8.91. The maximum Gasteiger partial charge on any atom is 0.267 e. The third-order valence-corrected chi connectivity index (χ3v) is 2.30. The van der Waals surface area contributed by atoms with Crippen LogP contribution in [0.2, 0.25) is 0 Å². The van der Waals surface area contributed by atoms with E-state index in [0.29, 0.717) is 6.42 Å². The van der Waals surface area contributed by atoms with Crippen molar-refractivity contribution in [2.45, 2.75) is 19.5 Å². The Balaban J connectivity index is 3.55. The van der Waals surface area contributed by atoms with Gasteiger partial charge in [-0.05, 0) is 6.92 Å². The molecule has 0 saturated carbocycles. The highest BCUT2D eigenvalue weighted by Gasteiger charge is 2.06. The van der Waals surface area contributed by atoms with Gasteiger partial charge in [0.2, 0.25) is 0 Å². The molecule has 0 fully saturated rings. The molecule has 0 atom stereocenters. The predicted molar refractivity (Wildman–Crippen MR) is 42.2 cm³/mol. The first-order valence-corrected chi connectivity index (χ1v) is 4.94. The lowest BCUT2D eigenvalue weighted by molar-refractivity contribution is 0.302. The molecule has 0 heterocycles. The van der Waals surface area contributed by atoms with Crippen LogP contribution in [-0.4, -0.2) is 26.9 Å². The Bertz CT molecular complexity index is 188. The molecule has 6 heteroatoms. The van der Waals surface area contributed by atoms with Gasteiger partial charge in [-0.3, -0.25) is 4.18 Å². The molecule has 0 spiro atoms. The summed E-state index contributed by atoms with van der Waals surface area (Å²) in [6.45, 7) is 1.57. The van der Waals surface area contributed by atoms with Crippen molar-refractivity contribution in [2.24, 2.45) is 11.5 Å². The normalized spacial score (nSPS) is 12.4. The highest BCUT2D eigenvalue weighted by atomic mass is 32.2. The zero-order valence-electron chi connectivity index (χ0n) is 6.49. The summed E-state index contributed by atoms with van der Waals surface area (Å²) in [5, 5.41) is 0. The van der Waals surface area contributed by atoms with Crippen molar-refractivity contribution in [2.75, 3.05) is 12.4 Å². The molecule has 68 valence electrons. The molecule has 0 bridgehead atoms. The minimum absolute atomic E-state index is 0.0210. The van der Waals surface area contributed by atoms with Gasteiger partial charge in [0.05, 0.1) is 18.5 Å². The van der Waals surface area contributed by atoms with E-state index in [-0.39, 0.29) is 12.4 Å². The van der Waals surface area contributed by atoms with Gasteiger partial charge in [-0.2, -0.15) is 8.42 Å². The van der Waals surface area contributed by atoms with E-state index < -0.39 is 16.3 Å². The van der Waals surface area contributed by atoms with E-state index in [1.54, 1.807) is 0 Å². The van der Waals surface area contributed by atoms with Crippen molar-refractivity contribution in [1.82, 2.24) is 0 Å². The lowest BCUT2D eigenvalue weighted by Gasteiger charge is -2.04. The molecular formula is C5H14N2O3S. The molecular weight excluding hydrogens is 168 g/mol. The SMILES string of the molecule is CCS(=O)(=O)OCCC(N)N. The second kappa shape index (κ2) is 4.66. The van der Waals surface area contributed by atoms with Crippen LogP contribution in [0.15, 0.2) is 0 Å². The minimum atomic E-state index is -3.33. The van der Waals surface area contributed by atoms with Gasteiger partial charge in [0.1, 0.15) is 0 Å². The Morgan fingerprint density at radius 1 is 1.45 bits per heavy atom. The van der Waals surface area contributed by atoms with Crippen LogP contribution >= 0.6 is 0 Å². The summed E-state index contributed by atoms with van der Waals surface area (Å²) in [6.07, 6.45) is -0.166. The standard InChI is InChI=1S/C5H14N2O3S/c1-2-11(8,9)10-4-3-5(6)7/h5H,2-4,6-7H2,1H3. The summed E-state index contributed by atoms with van der Waals surface area (Å²) in [4.78, 5) is 0. The number of nitrogens with two attached hydrogens (primary N) is 2. The predicted octanol–water partition coefficient (Wildman–Crippen LogP) is -1.01. The third kappa shape index (κ3) is 6.24. The first-order valence-electron chi connectivity index (χ1n) is 3.36. The summed E-state index contributed by atoms with van der Waals surface area (Å²) >= 11 is 0. The summed E-state index contributed by atoms with van der Waals surface area (Å²) in [6, 6.07) is 0. The van der Waals surface area contributed by atoms with Crippen molar-refractivity contribution < 1.29 is 12.6 Å². The second-order valence-corrected chi connectivity index (χ2v) is 4.05. The van der Waals surface area contributed by atoms with Crippen LogP contribution < -0.4 is 11.5 Å². The molecule has 0 unspecified atom stereocenters. The van der Waals surface area contributed by atoms with Crippen molar-refractivity contribution in [3.8, 4) is 0 Å². The highest BCUT2D eigenvalue weighted by Crippen LogP contribution is 1.93. The van der Waals surface area contributed by atoms with E-state index in [9.17, 15) is 8.42 Å². The van der Waals surface area contributed by atoms with Crippen molar-refractivity contribution in [1.29, 1.82) is 0 Å². The molecule has 0 rings (SSSR count). The first-order chi connectivity index (χ1) is 4.98. The molecule has 0 amide bonds. The van der Waals surface area contributed by atoms with E-state index in [4.69, 9.17) is 11.5 Å². The van der Waals surface area contributed by atoms with Gasteiger partial charge in [-0.1, -0.05) is 0 Å². The minimum Gasteiger partial charge on any atom is -0.316 e. The quantitative estimate of drug-likeness (QED) is 0.419. The smallest absolute Gasteiger partial charge is 0.267 e. The van der Waals surface area contributed by atoms with E-state index >= 15 is 0 Å². The molecule has 0 radical (unpaired) electrons. The fourth-order valence-electron chi connectivity index (χ4n) is 0.394. The average Bonchev–Trinajstić information content (AvgIpc) is 1.87. The number of hydrogen-bond acceptors (Lipinski definition) is 5. The largest absolute Gasteiger partial charge is 0.316 e. The molecule has 0 aromatic heterocycles. The lowest BCUT2D eigenvalue weighted by atomic mass is 10.4. The van der Waals surface area contributed by atoms with Gasteiger partial charge < -0.3 is 11.5 Å². The fraction of sp³-hybridized carbons (Fsp3) is 1.00. The van der Waals surface area contributed by atoms with Gasteiger partial charge in [0.25, 0.3) is 10.1 Å². The molecule has 0 aliphatic heterocycles. The molecule has 0 aromatic rings. The molecule has 0 saturated heterocycles. The van der Waals surface area contributed by atoms with Crippen LogP contribution in [0.3, 0.4) is 0 Å². The number of rotatable bonds is 5. The summed E-state index contributed by atoms with van der Waals surface area (Å²) in [5.41, 5.74) is 10.3. The van der Waals surface area contributed by atoms with Gasteiger partial charge in [-0.15, -0.1) is 0 Å². The Morgan fingerprint density at radius 2 is 2.00 bits per heavy atom. The first kappa shape index (κ1) is 10.8. The fourth-order valence-corrected chi connectivity index (χ4v) is 0.911. The van der Waals surface area contributed by atoms with E-state index in [2.05, 4.69) is 4.18 Å². The molecule has 5 nitrogen and oxygen atoms in total. The Labute approximate surface area is 66.8 Å². The van der Waals surface area contributed by atoms with Crippen LogP contribution in [0.25, 0.3) is 0 Å². The summed E-state index contributed by atoms with van der Waals surface area (Å²) in [7, 11) is -3.33. The van der Waals surface area contributed by atoms with E-state index in [0.717, 1.165) is 0 Å². The van der Waals surface area contributed by atoms with Gasteiger partial charge in [0, 0.05) is 6.42 Å². The maximum atomic E-state index is 10.7. The molecule has 4 N–H and O–H groups in total. The van der Waals surface area contributed by atoms with Crippen LogP contribution in [0.1, 0.15) is 13.3 Å². The Hall–Kier alpha value is -0.170. The molecule has 0 aliphatic rings. The topological polar surface area (TPSA) is 95.4 Å². The Morgan fingerprint density at radius 3 is 2.36 bits per heavy atom. The highest BCUT2D eigenvalue weighted by molar-refractivity contribution is 7.86. The maximum absolute atomic E-state index is 10.7. The molecule has 11 heavy (non-hydrogen) atoms. The third-order valence-electron chi connectivity index (χ3n) is 1.07. The van der Waals surface area contributed by atoms with Gasteiger partial charge >= 0.3 is 0 Å². The van der Waals surface area contributed by atoms with Gasteiger partial charge in [-0.25, -0.2) is 0 Å². The summed E-state index contributed by atoms with van der Waals surface area (Å²) in [5.74, 6) is -0.0210. The van der Waals surface area contributed by atoms with Crippen molar-refractivity contribution in [3.05, 3.63) is 0 Å². The Kier molecular flexibility index (Phi) is 4.58. The molecule has 0 aromatic carbocycles. The summed E-state index contributed by atoms with van der Waals surface area (Å²) < 4.78 is 25.9. The van der Waals surface area contributed by atoms with Crippen molar-refractivity contribution in [3.63, 3.8) is 0 Å². The average molecular weight is 182 g/mol. The van der Waals surface area contributed by atoms with E-state index in [1.807, 2.05) is 0 Å². The number of hydrogen-bond donors (Lipinski definition) is 2. The van der Waals surface area contributed by atoms with Crippen LogP contribution in [0, 0.1) is 0 Å². The van der Waals surface area contributed by atoms with Crippen LogP contribution in [-0.2, 0) is 14.3 Å².